The van der Waals surface area contributed by atoms with Gasteiger partial charge in [-0.25, -0.2) is 0 Å². The molecule has 0 atom stereocenters. The number of hydrogen-bond acceptors (Lipinski definition) is 3. The Morgan fingerprint density at radius 1 is 0.886 bits per heavy atom. The van der Waals surface area contributed by atoms with Crippen LogP contribution < -0.4 is 0 Å². The van der Waals surface area contributed by atoms with Gasteiger partial charge in [-0.15, -0.1) is 34.4 Å². The summed E-state index contributed by atoms with van der Waals surface area (Å²) in [5.74, 6) is 0.104. The van der Waals surface area contributed by atoms with Crippen molar-refractivity contribution in [3.8, 4) is 11.3 Å². The molecule has 0 aliphatic rings. The molecule has 1 N–H and O–H groups in total. The van der Waals surface area contributed by atoms with Crippen LogP contribution in [0.2, 0.25) is 0 Å². The molecule has 0 amide bonds. The van der Waals surface area contributed by atoms with Crippen molar-refractivity contribution in [3.05, 3.63) is 76.2 Å². The van der Waals surface area contributed by atoms with Gasteiger partial charge in [0.15, 0.2) is 5.78 Å². The summed E-state index contributed by atoms with van der Waals surface area (Å²) in [6.07, 6.45) is 3.30. The van der Waals surface area contributed by atoms with Gasteiger partial charge in [0, 0.05) is 43.2 Å². The molecule has 0 aliphatic heterocycles. The summed E-state index contributed by atoms with van der Waals surface area (Å²) in [6, 6.07) is 12.3. The van der Waals surface area contributed by atoms with E-state index in [1.807, 2.05) is 47.7 Å². The van der Waals surface area contributed by atoms with E-state index >= 15 is 0 Å². The maximum absolute atomic E-state index is 11.5. The molecule has 0 aliphatic carbocycles. The van der Waals surface area contributed by atoms with Crippen molar-refractivity contribution in [2.75, 3.05) is 0 Å². The number of aryl methyl sites for hydroxylation is 4. The summed E-state index contributed by atoms with van der Waals surface area (Å²) in [4.78, 5) is 16.2. The maximum Gasteiger partial charge on any atom is 0.164 e. The minimum atomic E-state index is -0.417. The fourth-order valence-electron chi connectivity index (χ4n) is 3.35. The molecule has 1 radical (unpaired) electrons. The van der Waals surface area contributed by atoms with Gasteiger partial charge >= 0.3 is 0 Å². The Labute approximate surface area is 225 Å². The Balaban J connectivity index is 0.000000383. The minimum Gasteiger partial charge on any atom is -0.512 e. The third-order valence-corrected chi connectivity index (χ3v) is 6.11. The Morgan fingerprint density at radius 3 is 2.00 bits per heavy atom. The van der Waals surface area contributed by atoms with Crippen molar-refractivity contribution in [1.29, 1.82) is 0 Å². The van der Waals surface area contributed by atoms with E-state index in [1.54, 1.807) is 0 Å². The second-order valence-electron chi connectivity index (χ2n) is 11.3. The van der Waals surface area contributed by atoms with Crippen molar-refractivity contribution in [2.24, 2.45) is 10.8 Å². The predicted octanol–water partition coefficient (Wildman–Crippen LogP) is 8.33. The number of aromatic nitrogens is 1. The molecular weight excluding hydrogens is 611 g/mol. The fraction of sp³-hybridized carbons (Fsp3) is 0.419. The second-order valence-corrected chi connectivity index (χ2v) is 11.3. The largest absolute Gasteiger partial charge is 0.512 e. The quantitative estimate of drug-likeness (QED) is 0.172. The molecule has 0 unspecified atom stereocenters. The number of aliphatic hydroxyl groups is 1. The molecule has 191 valence electrons. The van der Waals surface area contributed by atoms with Crippen LogP contribution in [0.5, 0.6) is 0 Å². The summed E-state index contributed by atoms with van der Waals surface area (Å²) in [5, 5.41) is 12.0. The molecule has 0 bridgehead atoms. The Hall–Kier alpha value is -2.29. The predicted molar refractivity (Wildman–Crippen MR) is 144 cm³/mol. The number of ketones is 1. The number of nitrogens with zero attached hydrogens (tertiary/aromatic N) is 1. The molecule has 1 heterocycles. The molecule has 3 nitrogen and oxygen atoms in total. The van der Waals surface area contributed by atoms with Crippen LogP contribution in [0.4, 0.5) is 0 Å². The monoisotopic (exact) mass is 651 g/mol. The van der Waals surface area contributed by atoms with Crippen LogP contribution in [-0.4, -0.2) is 15.9 Å². The summed E-state index contributed by atoms with van der Waals surface area (Å²) >= 11 is 0. The van der Waals surface area contributed by atoms with Crippen LogP contribution in [0.15, 0.2) is 42.3 Å². The third kappa shape index (κ3) is 7.85. The smallest absolute Gasteiger partial charge is 0.164 e. The topological polar surface area (TPSA) is 50.2 Å². The molecule has 0 spiro atoms. The number of benzene rings is 2. The van der Waals surface area contributed by atoms with Gasteiger partial charge in [-0.1, -0.05) is 86.1 Å². The normalized spacial score (nSPS) is 12.0. The van der Waals surface area contributed by atoms with Crippen LogP contribution >= 0.6 is 0 Å². The molecular formula is C31H40IrNO2-. The van der Waals surface area contributed by atoms with Crippen LogP contribution in [0.3, 0.4) is 0 Å². The summed E-state index contributed by atoms with van der Waals surface area (Å²) in [5.41, 5.74) is 7.65. The van der Waals surface area contributed by atoms with Crippen LogP contribution in [0.1, 0.15) is 69.4 Å². The molecule has 0 saturated heterocycles. The van der Waals surface area contributed by atoms with Crippen molar-refractivity contribution in [2.45, 2.75) is 76.2 Å². The maximum atomic E-state index is 11.5. The van der Waals surface area contributed by atoms with E-state index in [1.165, 1.54) is 44.7 Å². The van der Waals surface area contributed by atoms with Crippen LogP contribution in [0, 0.1) is 51.5 Å². The number of carbonyl (C=O) groups excluding carboxylic acids is 1. The number of hydrogen-bond donors (Lipinski definition) is 1. The van der Waals surface area contributed by atoms with Crippen molar-refractivity contribution in [3.63, 3.8) is 0 Å². The zero-order valence-corrected chi connectivity index (χ0v) is 25.5. The summed E-state index contributed by atoms with van der Waals surface area (Å²) < 4.78 is 0. The molecule has 4 heteroatoms. The SMILES string of the molecule is CC(C)(C)C(=O)/C=C(\O)C(C)(C)C.Cc1ccc2c(C)cnc(-c3[c-]c(C)c(C)c(C)c3)c2c1.[Ir]. The molecule has 0 saturated carbocycles. The van der Waals surface area contributed by atoms with Gasteiger partial charge in [0.2, 0.25) is 0 Å². The van der Waals surface area contributed by atoms with E-state index in [4.69, 9.17) is 4.98 Å². The number of fused-ring (bicyclic) bond motifs is 1. The average molecular weight is 651 g/mol. The number of aliphatic hydroxyl groups excluding tert-OH is 1. The van der Waals surface area contributed by atoms with E-state index in [9.17, 15) is 9.90 Å². The number of carbonyl (C=O) groups is 1. The zero-order chi connectivity index (χ0) is 26.0. The Morgan fingerprint density at radius 2 is 1.49 bits per heavy atom. The van der Waals surface area contributed by atoms with E-state index < -0.39 is 5.41 Å². The van der Waals surface area contributed by atoms with Gasteiger partial charge in [-0.2, -0.15) is 0 Å². The first-order valence-corrected chi connectivity index (χ1v) is 11.8. The first-order valence-electron chi connectivity index (χ1n) is 11.8. The molecule has 35 heavy (non-hydrogen) atoms. The average Bonchev–Trinajstić information content (AvgIpc) is 2.71. The summed E-state index contributed by atoms with van der Waals surface area (Å²) in [6.45, 7) is 21.8. The molecule has 1 aromatic heterocycles. The molecule has 0 fully saturated rings. The second kappa shape index (κ2) is 11.6. The van der Waals surface area contributed by atoms with Crippen molar-refractivity contribution >= 4 is 16.6 Å². The third-order valence-electron chi connectivity index (χ3n) is 6.11. The van der Waals surface area contributed by atoms with Crippen LogP contribution in [-0.2, 0) is 24.9 Å². The number of allylic oxidation sites excluding steroid dienone is 2. The van der Waals surface area contributed by atoms with Gasteiger partial charge in [-0.05, 0) is 35.9 Å². The van der Waals surface area contributed by atoms with Gasteiger partial charge in [0.25, 0.3) is 0 Å². The number of pyridine rings is 1. The van der Waals surface area contributed by atoms with Gasteiger partial charge in [0.1, 0.15) is 5.76 Å². The van der Waals surface area contributed by atoms with Gasteiger partial charge in [-0.3, -0.25) is 4.79 Å². The first-order chi connectivity index (χ1) is 15.5. The first kappa shape index (κ1) is 30.7. The van der Waals surface area contributed by atoms with Gasteiger partial charge < -0.3 is 10.1 Å². The summed E-state index contributed by atoms with van der Waals surface area (Å²) in [7, 11) is 0. The number of rotatable bonds is 2. The van der Waals surface area contributed by atoms with Crippen LogP contribution in [0.25, 0.3) is 22.0 Å². The Kier molecular flexibility index (Phi) is 10.2. The van der Waals surface area contributed by atoms with E-state index in [0.717, 1.165) is 11.3 Å². The van der Waals surface area contributed by atoms with E-state index in [2.05, 4.69) is 65.0 Å². The van der Waals surface area contributed by atoms with Gasteiger partial charge in [0.05, 0.1) is 0 Å². The van der Waals surface area contributed by atoms with Crippen molar-refractivity contribution in [1.82, 2.24) is 4.98 Å². The van der Waals surface area contributed by atoms with E-state index in [0.29, 0.717) is 0 Å². The minimum absolute atomic E-state index is 0. The fourth-order valence-corrected chi connectivity index (χ4v) is 3.35. The standard InChI is InChI=1S/C20H20N.C11H20O2.Ir/c1-12-6-7-18-15(4)11-21-20(19(18)8-12)17-9-13(2)16(5)14(3)10-17;1-10(2,3)8(12)7-9(13)11(4,5)6;/h6-9,11H,1-5H3;7,12H,1-6H3;/q-1;;/b;8-7-;. The molecule has 3 rings (SSSR count). The zero-order valence-electron chi connectivity index (χ0n) is 23.1. The van der Waals surface area contributed by atoms with E-state index in [-0.39, 0.29) is 37.1 Å². The molecule has 3 aromatic rings. The Bertz CT molecular complexity index is 1220. The van der Waals surface area contributed by atoms with Crippen molar-refractivity contribution < 1.29 is 30.0 Å². The molecule has 2 aromatic carbocycles.